The van der Waals surface area contributed by atoms with Crippen molar-refractivity contribution in [3.8, 4) is 0 Å². The van der Waals surface area contributed by atoms with Gasteiger partial charge in [0.2, 0.25) is 5.91 Å². The molecule has 22 heavy (non-hydrogen) atoms. The van der Waals surface area contributed by atoms with E-state index in [4.69, 9.17) is 0 Å². The van der Waals surface area contributed by atoms with Crippen molar-refractivity contribution in [2.75, 3.05) is 14.1 Å². The van der Waals surface area contributed by atoms with Crippen LogP contribution in [0.3, 0.4) is 0 Å². The van der Waals surface area contributed by atoms with Crippen LogP contribution in [-0.2, 0) is 9.59 Å². The predicted molar refractivity (Wildman–Crippen MR) is 87.9 cm³/mol. The molecule has 1 amide bonds. The molecule has 1 aromatic rings. The summed E-state index contributed by atoms with van der Waals surface area (Å²) < 4.78 is 0.998. The number of rotatable bonds is 2. The zero-order valence-electron chi connectivity index (χ0n) is 12.8. The standard InChI is InChI=1S/C17H19BrN2O2/c1-19(2)20-14-4-3-5-15(21)17(14)13(10-16(20)22)11-6-8-12(18)9-7-11/h6-9,13H,3-5,10H2,1-2H3. The van der Waals surface area contributed by atoms with E-state index in [0.29, 0.717) is 12.8 Å². The molecule has 2 aliphatic rings. The highest BCUT2D eigenvalue weighted by Crippen LogP contribution is 2.41. The molecule has 0 bridgehead atoms. The second kappa shape index (κ2) is 5.97. The Hall–Kier alpha value is -1.46. The number of benzene rings is 1. The molecule has 116 valence electrons. The monoisotopic (exact) mass is 362 g/mol. The van der Waals surface area contributed by atoms with Gasteiger partial charge >= 0.3 is 0 Å². The van der Waals surface area contributed by atoms with Crippen LogP contribution in [-0.4, -0.2) is 35.8 Å². The Morgan fingerprint density at radius 3 is 2.45 bits per heavy atom. The lowest BCUT2D eigenvalue weighted by Gasteiger charge is -2.41. The number of halogens is 1. The number of hydrazine groups is 1. The Labute approximate surface area is 138 Å². The molecule has 0 fully saturated rings. The average molecular weight is 363 g/mol. The summed E-state index contributed by atoms with van der Waals surface area (Å²) >= 11 is 3.43. The van der Waals surface area contributed by atoms with Crippen molar-refractivity contribution in [1.82, 2.24) is 10.0 Å². The second-order valence-electron chi connectivity index (χ2n) is 6.00. The number of hydrogen-bond donors (Lipinski definition) is 0. The smallest absolute Gasteiger partial charge is 0.242 e. The zero-order valence-corrected chi connectivity index (χ0v) is 14.4. The molecule has 0 aromatic heterocycles. The van der Waals surface area contributed by atoms with Crippen molar-refractivity contribution in [2.24, 2.45) is 0 Å². The van der Waals surface area contributed by atoms with Gasteiger partial charge in [0.1, 0.15) is 0 Å². The van der Waals surface area contributed by atoms with Crippen LogP contribution < -0.4 is 0 Å². The number of amides is 1. The summed E-state index contributed by atoms with van der Waals surface area (Å²) in [6.07, 6.45) is 2.55. The Balaban J connectivity index is 2.11. The van der Waals surface area contributed by atoms with Gasteiger partial charge in [0, 0.05) is 48.6 Å². The first-order valence-electron chi connectivity index (χ1n) is 7.51. The van der Waals surface area contributed by atoms with E-state index in [2.05, 4.69) is 15.9 Å². The zero-order chi connectivity index (χ0) is 15.9. The molecule has 1 aliphatic carbocycles. The number of allylic oxidation sites excluding steroid dienone is 2. The van der Waals surface area contributed by atoms with Crippen LogP contribution in [0.15, 0.2) is 40.0 Å². The van der Waals surface area contributed by atoms with Gasteiger partial charge in [-0.1, -0.05) is 28.1 Å². The van der Waals surface area contributed by atoms with E-state index >= 15 is 0 Å². The minimum absolute atomic E-state index is 0.0615. The normalized spacial score (nSPS) is 22.4. The van der Waals surface area contributed by atoms with E-state index in [-0.39, 0.29) is 17.6 Å². The highest BCUT2D eigenvalue weighted by atomic mass is 79.9. The Morgan fingerprint density at radius 2 is 1.82 bits per heavy atom. The average Bonchev–Trinajstić information content (AvgIpc) is 2.46. The molecular weight excluding hydrogens is 344 g/mol. The third-order valence-electron chi connectivity index (χ3n) is 4.32. The van der Waals surface area contributed by atoms with Crippen molar-refractivity contribution < 1.29 is 9.59 Å². The number of Topliss-reactive ketones (excluding diaryl/α,β-unsaturated/α-hetero) is 1. The number of carbonyl (C=O) groups is 2. The molecule has 0 saturated heterocycles. The van der Waals surface area contributed by atoms with E-state index in [1.54, 1.807) is 10.0 Å². The molecule has 0 spiro atoms. The number of nitrogens with zero attached hydrogens (tertiary/aromatic N) is 2. The van der Waals surface area contributed by atoms with Crippen LogP contribution in [0, 0.1) is 0 Å². The van der Waals surface area contributed by atoms with Gasteiger partial charge in [0.25, 0.3) is 0 Å². The van der Waals surface area contributed by atoms with Crippen LogP contribution >= 0.6 is 15.9 Å². The number of hydrogen-bond acceptors (Lipinski definition) is 3. The Bertz CT molecular complexity index is 649. The second-order valence-corrected chi connectivity index (χ2v) is 6.91. The van der Waals surface area contributed by atoms with Crippen LogP contribution in [0.2, 0.25) is 0 Å². The van der Waals surface area contributed by atoms with Crippen molar-refractivity contribution >= 4 is 27.6 Å². The lowest BCUT2D eigenvalue weighted by Crippen LogP contribution is -2.47. The van der Waals surface area contributed by atoms with Gasteiger partial charge in [-0.15, -0.1) is 0 Å². The molecule has 0 N–H and O–H groups in total. The Morgan fingerprint density at radius 1 is 1.14 bits per heavy atom. The molecule has 1 aliphatic heterocycles. The maximum Gasteiger partial charge on any atom is 0.242 e. The summed E-state index contributed by atoms with van der Waals surface area (Å²) in [6.45, 7) is 0. The van der Waals surface area contributed by atoms with Crippen molar-refractivity contribution in [3.63, 3.8) is 0 Å². The molecule has 0 radical (unpaired) electrons. The van der Waals surface area contributed by atoms with Crippen LogP contribution in [0.1, 0.15) is 37.2 Å². The third-order valence-corrected chi connectivity index (χ3v) is 4.85. The van der Waals surface area contributed by atoms with Gasteiger partial charge in [0.15, 0.2) is 5.78 Å². The van der Waals surface area contributed by atoms with Crippen LogP contribution in [0.4, 0.5) is 0 Å². The van der Waals surface area contributed by atoms with Crippen LogP contribution in [0.5, 0.6) is 0 Å². The van der Waals surface area contributed by atoms with Gasteiger partial charge in [-0.05, 0) is 30.5 Å². The first kappa shape index (κ1) is 15.4. The quantitative estimate of drug-likeness (QED) is 0.810. The molecule has 0 saturated carbocycles. The fourth-order valence-electron chi connectivity index (χ4n) is 3.42. The molecule has 4 nitrogen and oxygen atoms in total. The highest BCUT2D eigenvalue weighted by molar-refractivity contribution is 9.10. The van der Waals surface area contributed by atoms with E-state index in [1.807, 2.05) is 38.4 Å². The SMILES string of the molecule is CN(C)N1C(=O)CC(c2ccc(Br)cc2)C2=C1CCCC2=O. The van der Waals surface area contributed by atoms with E-state index in [0.717, 1.165) is 34.1 Å². The lowest BCUT2D eigenvalue weighted by atomic mass is 9.78. The summed E-state index contributed by atoms with van der Waals surface area (Å²) in [5.41, 5.74) is 2.77. The van der Waals surface area contributed by atoms with Gasteiger partial charge < -0.3 is 0 Å². The minimum Gasteiger partial charge on any atom is -0.294 e. The summed E-state index contributed by atoms with van der Waals surface area (Å²) in [5, 5.41) is 3.47. The maximum atomic E-state index is 12.6. The Kier molecular flexibility index (Phi) is 4.19. The highest BCUT2D eigenvalue weighted by Gasteiger charge is 2.39. The van der Waals surface area contributed by atoms with Crippen molar-refractivity contribution in [3.05, 3.63) is 45.6 Å². The molecule has 1 unspecified atom stereocenters. The van der Waals surface area contributed by atoms with Crippen molar-refractivity contribution in [2.45, 2.75) is 31.6 Å². The van der Waals surface area contributed by atoms with E-state index in [1.165, 1.54) is 0 Å². The predicted octanol–water partition coefficient (Wildman–Crippen LogP) is 3.25. The lowest BCUT2D eigenvalue weighted by molar-refractivity contribution is -0.143. The van der Waals surface area contributed by atoms with Crippen LogP contribution in [0.25, 0.3) is 0 Å². The topological polar surface area (TPSA) is 40.6 Å². The van der Waals surface area contributed by atoms with Gasteiger partial charge in [0.05, 0.1) is 0 Å². The first-order valence-corrected chi connectivity index (χ1v) is 8.30. The third kappa shape index (κ3) is 2.63. The molecule has 3 rings (SSSR count). The van der Waals surface area contributed by atoms with Crippen molar-refractivity contribution in [1.29, 1.82) is 0 Å². The molecule has 1 heterocycles. The first-order chi connectivity index (χ1) is 10.5. The maximum absolute atomic E-state index is 12.6. The van der Waals surface area contributed by atoms with E-state index in [9.17, 15) is 9.59 Å². The summed E-state index contributed by atoms with van der Waals surface area (Å²) in [4.78, 5) is 25.1. The van der Waals surface area contributed by atoms with Gasteiger partial charge in [-0.3, -0.25) is 9.59 Å². The number of ketones is 1. The van der Waals surface area contributed by atoms with Gasteiger partial charge in [-0.25, -0.2) is 10.0 Å². The summed E-state index contributed by atoms with van der Waals surface area (Å²) in [7, 11) is 3.70. The molecular formula is C17H19BrN2O2. The molecule has 5 heteroatoms. The van der Waals surface area contributed by atoms with E-state index < -0.39 is 0 Å². The number of carbonyl (C=O) groups excluding carboxylic acids is 2. The van der Waals surface area contributed by atoms with Gasteiger partial charge in [-0.2, -0.15) is 0 Å². The fraction of sp³-hybridized carbons (Fsp3) is 0.412. The fourth-order valence-corrected chi connectivity index (χ4v) is 3.68. The summed E-state index contributed by atoms with van der Waals surface area (Å²) in [6, 6.07) is 7.93. The molecule has 1 aromatic carbocycles. The largest absolute Gasteiger partial charge is 0.294 e. The molecule has 1 atom stereocenters. The summed E-state index contributed by atoms with van der Waals surface area (Å²) in [5.74, 6) is 0.138. The minimum atomic E-state index is -0.111.